The van der Waals surface area contributed by atoms with Crippen LogP contribution in [-0.4, -0.2) is 33.9 Å². The third-order valence-electron chi connectivity index (χ3n) is 6.80. The Bertz CT molecular complexity index is 863. The van der Waals surface area contributed by atoms with Crippen molar-refractivity contribution in [3.63, 3.8) is 0 Å². The fraction of sp³-hybridized carbons (Fsp3) is 0.625. The van der Waals surface area contributed by atoms with Crippen LogP contribution in [0.15, 0.2) is 24.4 Å². The summed E-state index contributed by atoms with van der Waals surface area (Å²) in [5.41, 5.74) is 0.267. The van der Waals surface area contributed by atoms with Crippen molar-refractivity contribution in [2.45, 2.75) is 64.7 Å². The number of hydrogen-bond donors (Lipinski definition) is 0. The van der Waals surface area contributed by atoms with Gasteiger partial charge < -0.3 is 9.47 Å². The monoisotopic (exact) mass is 445 g/mol. The van der Waals surface area contributed by atoms with Gasteiger partial charge in [-0.2, -0.15) is 0 Å². The Labute approximate surface area is 189 Å². The van der Waals surface area contributed by atoms with Crippen molar-refractivity contribution >= 4 is 17.6 Å². The predicted molar refractivity (Wildman–Crippen MR) is 120 cm³/mol. The van der Waals surface area contributed by atoms with Crippen molar-refractivity contribution in [2.24, 2.45) is 17.8 Å². The van der Waals surface area contributed by atoms with Gasteiger partial charge in [-0.1, -0.05) is 63.5 Å². The lowest BCUT2D eigenvalue weighted by Gasteiger charge is -2.42. The first-order valence-electron chi connectivity index (χ1n) is 11.7. The van der Waals surface area contributed by atoms with Crippen molar-refractivity contribution in [1.29, 1.82) is 0 Å². The van der Waals surface area contributed by atoms with E-state index < -0.39 is 5.97 Å². The number of nitrogens with zero attached hydrogens (tertiary/aromatic N) is 3. The number of hydrogen-bond acceptors (Lipinski definition) is 5. The maximum absolute atomic E-state index is 12.1. The van der Waals surface area contributed by atoms with Crippen molar-refractivity contribution in [3.05, 3.63) is 35.1 Å². The lowest BCUT2D eigenvalue weighted by atomic mass is 9.63. The molecule has 2 saturated carbocycles. The number of pyridine rings is 1. The quantitative estimate of drug-likeness (QED) is 0.246. The zero-order valence-electron chi connectivity index (χ0n) is 18.3. The highest BCUT2D eigenvalue weighted by atomic mass is 35.5. The molecule has 0 spiro atoms. The van der Waals surface area contributed by atoms with Gasteiger partial charge in [0, 0.05) is 12.3 Å². The molecule has 0 radical (unpaired) electrons. The Morgan fingerprint density at radius 1 is 1.16 bits per heavy atom. The van der Waals surface area contributed by atoms with E-state index in [9.17, 15) is 4.79 Å². The van der Waals surface area contributed by atoms with Gasteiger partial charge in [0.05, 0.1) is 18.8 Å². The molecule has 2 aromatic heterocycles. The number of carbonyl (C=O) groups excluding carboxylic acids is 1. The van der Waals surface area contributed by atoms with Gasteiger partial charge in [0.25, 0.3) is 0 Å². The van der Waals surface area contributed by atoms with Gasteiger partial charge in [-0.3, -0.25) is 0 Å². The van der Waals surface area contributed by atoms with Gasteiger partial charge >= 0.3 is 5.97 Å². The molecule has 31 heavy (non-hydrogen) atoms. The molecule has 0 aliphatic heterocycles. The van der Waals surface area contributed by atoms with Crippen LogP contribution >= 0.6 is 11.6 Å². The van der Waals surface area contributed by atoms with Crippen LogP contribution in [0.5, 0.6) is 5.88 Å². The average Bonchev–Trinajstić information content (AvgIpc) is 3.14. The molecule has 2 fully saturated rings. The molecule has 168 valence electrons. The first kappa shape index (κ1) is 22.1. The number of unbranched alkanes of at least 4 members (excludes halogenated alkanes) is 1. The molecule has 0 unspecified atom stereocenters. The molecular formula is C24H32ClN3O3. The second kappa shape index (κ2) is 10.5. The Hall–Kier alpha value is -2.08. The van der Waals surface area contributed by atoms with Gasteiger partial charge in [0.2, 0.25) is 5.88 Å². The fourth-order valence-electron chi connectivity index (χ4n) is 4.50. The molecule has 6 nitrogen and oxygen atoms in total. The summed E-state index contributed by atoms with van der Waals surface area (Å²) >= 11 is 6.23. The van der Waals surface area contributed by atoms with Crippen LogP contribution in [0.1, 0.15) is 75.1 Å². The lowest BCUT2D eigenvalue weighted by molar-refractivity contribution is 0.0499. The van der Waals surface area contributed by atoms with Crippen LogP contribution in [0.3, 0.4) is 0 Å². The molecular weight excluding hydrogens is 414 g/mol. The summed E-state index contributed by atoms with van der Waals surface area (Å²) in [4.78, 5) is 16.4. The first-order valence-corrected chi connectivity index (χ1v) is 12.1. The Balaban J connectivity index is 1.31. The maximum atomic E-state index is 12.1. The van der Waals surface area contributed by atoms with Gasteiger partial charge in [0.1, 0.15) is 5.15 Å². The highest BCUT2D eigenvalue weighted by Crippen LogP contribution is 2.45. The predicted octanol–water partition coefficient (Wildman–Crippen LogP) is 5.86. The molecule has 0 saturated heterocycles. The van der Waals surface area contributed by atoms with E-state index in [1.54, 1.807) is 23.0 Å². The zero-order chi connectivity index (χ0) is 21.6. The molecule has 2 heterocycles. The van der Waals surface area contributed by atoms with Gasteiger partial charge in [-0.25, -0.2) is 14.5 Å². The topological polar surface area (TPSA) is 66.2 Å². The highest BCUT2D eigenvalue weighted by Gasteiger charge is 2.35. The largest absolute Gasteiger partial charge is 0.477 e. The molecule has 4 rings (SSSR count). The van der Waals surface area contributed by atoms with E-state index in [0.717, 1.165) is 37.0 Å². The number of aromatic nitrogens is 3. The minimum absolute atomic E-state index is 0.112. The first-order chi connectivity index (χ1) is 15.2. The summed E-state index contributed by atoms with van der Waals surface area (Å²) in [6, 6.07) is 5.18. The molecule has 2 aliphatic rings. The summed E-state index contributed by atoms with van der Waals surface area (Å²) < 4.78 is 12.8. The zero-order valence-corrected chi connectivity index (χ0v) is 19.0. The summed E-state index contributed by atoms with van der Waals surface area (Å²) in [5.74, 6) is 3.30. The minimum atomic E-state index is -0.450. The number of carbonyl (C=O) groups is 1. The smallest absolute Gasteiger partial charge is 0.341 e. The van der Waals surface area contributed by atoms with E-state index in [1.807, 2.05) is 13.0 Å². The Kier molecular flexibility index (Phi) is 7.49. The molecule has 0 amide bonds. The summed E-state index contributed by atoms with van der Waals surface area (Å²) in [6.45, 7) is 3.13. The molecule has 7 heteroatoms. The van der Waals surface area contributed by atoms with E-state index in [4.69, 9.17) is 21.1 Å². The molecule has 2 aliphatic carbocycles. The number of rotatable bonds is 11. The van der Waals surface area contributed by atoms with Crippen LogP contribution in [0.4, 0.5) is 0 Å². The number of esters is 1. The third kappa shape index (κ3) is 5.40. The molecule has 0 atom stereocenters. The second-order valence-corrected chi connectivity index (χ2v) is 9.14. The number of halogens is 1. The second-order valence-electron chi connectivity index (χ2n) is 8.78. The fourth-order valence-corrected chi connectivity index (χ4v) is 4.72. The average molecular weight is 446 g/mol. The van der Waals surface area contributed by atoms with Crippen LogP contribution in [0.2, 0.25) is 5.15 Å². The van der Waals surface area contributed by atoms with Crippen LogP contribution in [0.25, 0.3) is 5.82 Å². The van der Waals surface area contributed by atoms with Crippen molar-refractivity contribution in [2.75, 3.05) is 13.2 Å². The summed E-state index contributed by atoms with van der Waals surface area (Å²) in [5, 5.41) is 4.58. The normalized spacial score (nSPS) is 16.7. The number of ether oxygens (including phenoxy) is 2. The Morgan fingerprint density at radius 3 is 2.52 bits per heavy atom. The Morgan fingerprint density at radius 2 is 1.90 bits per heavy atom. The summed E-state index contributed by atoms with van der Waals surface area (Å²) in [6.07, 6.45) is 13.1. The van der Waals surface area contributed by atoms with Crippen LogP contribution < -0.4 is 4.74 Å². The van der Waals surface area contributed by atoms with E-state index >= 15 is 0 Å². The van der Waals surface area contributed by atoms with E-state index in [1.165, 1.54) is 38.5 Å². The molecule has 0 aromatic carbocycles. The van der Waals surface area contributed by atoms with Gasteiger partial charge in [-0.05, 0) is 42.7 Å². The van der Waals surface area contributed by atoms with Crippen LogP contribution in [-0.2, 0) is 4.74 Å². The third-order valence-corrected chi connectivity index (χ3v) is 7.08. The van der Waals surface area contributed by atoms with E-state index in [2.05, 4.69) is 10.1 Å². The molecule has 0 bridgehead atoms. The van der Waals surface area contributed by atoms with Crippen molar-refractivity contribution in [1.82, 2.24) is 14.8 Å². The van der Waals surface area contributed by atoms with E-state index in [-0.39, 0.29) is 10.7 Å². The highest BCUT2D eigenvalue weighted by molar-refractivity contribution is 6.32. The minimum Gasteiger partial charge on any atom is -0.477 e. The molecule has 2 aromatic rings. The van der Waals surface area contributed by atoms with Gasteiger partial charge in [0.15, 0.2) is 5.82 Å². The standard InChI is InChI=1S/C24H32ClN3O3/c1-2-3-15-31-24(29)20-10-11-21(26-23(20)25)28-14-12-22(27-28)30-16-13-19(17-6-4-7-17)18-8-5-9-18/h10-12,14,17-19H,2-9,13,15-16H2,1H3. The van der Waals surface area contributed by atoms with Crippen LogP contribution in [0, 0.1) is 17.8 Å². The summed E-state index contributed by atoms with van der Waals surface area (Å²) in [7, 11) is 0. The SMILES string of the molecule is CCCCOC(=O)c1ccc(-n2ccc(OCCC(C3CCC3)C3CCC3)n2)nc1Cl. The maximum Gasteiger partial charge on any atom is 0.341 e. The van der Waals surface area contributed by atoms with Gasteiger partial charge in [-0.15, -0.1) is 5.10 Å². The molecule has 0 N–H and O–H groups in total. The van der Waals surface area contributed by atoms with Crippen molar-refractivity contribution < 1.29 is 14.3 Å². The van der Waals surface area contributed by atoms with Crippen molar-refractivity contribution in [3.8, 4) is 11.7 Å². The lowest BCUT2D eigenvalue weighted by Crippen LogP contribution is -2.33. The van der Waals surface area contributed by atoms with E-state index in [0.29, 0.717) is 24.9 Å².